The van der Waals surface area contributed by atoms with E-state index in [1.54, 1.807) is 0 Å². The first-order valence-corrected chi connectivity index (χ1v) is 7.07. The van der Waals surface area contributed by atoms with Crippen LogP contribution in [-0.2, 0) is 4.79 Å². The van der Waals surface area contributed by atoms with Crippen LogP contribution >= 0.6 is 11.8 Å². The number of rotatable bonds is 6. The molecule has 0 aromatic heterocycles. The Hall–Kier alpha value is -1.83. The van der Waals surface area contributed by atoms with Gasteiger partial charge in [0.15, 0.2) is 0 Å². The van der Waals surface area contributed by atoms with E-state index < -0.39 is 29.7 Å². The van der Waals surface area contributed by atoms with Crippen molar-refractivity contribution in [2.24, 2.45) is 0 Å². The Balaban J connectivity index is 2.63. The van der Waals surface area contributed by atoms with Crippen molar-refractivity contribution in [1.29, 1.82) is 0 Å². The largest absolute Gasteiger partial charge is 0.480 e. The lowest BCUT2D eigenvalue weighted by molar-refractivity contribution is -0.139. The molecule has 0 aliphatic heterocycles. The number of benzene rings is 1. The van der Waals surface area contributed by atoms with Crippen molar-refractivity contribution >= 4 is 29.4 Å². The van der Waals surface area contributed by atoms with Gasteiger partial charge in [-0.15, -0.1) is 0 Å². The first kappa shape index (κ1) is 16.2. The first-order chi connectivity index (χ1) is 9.43. The predicted molar refractivity (Wildman–Crippen MR) is 72.9 cm³/mol. The van der Waals surface area contributed by atoms with Gasteiger partial charge in [-0.2, -0.15) is 11.8 Å². The lowest BCUT2D eigenvalue weighted by Gasteiger charge is -2.14. The average Bonchev–Trinajstić information content (AvgIpc) is 2.37. The number of carbonyl (C=O) groups excluding carboxylic acids is 1. The summed E-state index contributed by atoms with van der Waals surface area (Å²) in [5.74, 6) is -2.32. The molecule has 5 nitrogen and oxygen atoms in total. The minimum absolute atomic E-state index is 0.224. The molecule has 0 aliphatic rings. The molecule has 1 rings (SSSR count). The normalized spacial score (nSPS) is 11.8. The van der Waals surface area contributed by atoms with E-state index in [2.05, 4.69) is 10.6 Å². The van der Waals surface area contributed by atoms with Crippen molar-refractivity contribution in [3.63, 3.8) is 0 Å². The van der Waals surface area contributed by atoms with Crippen LogP contribution in [0, 0.1) is 11.6 Å². The molecule has 1 aromatic rings. The predicted octanol–water partition coefficient (Wildman–Crippen LogP) is 2.29. The number of urea groups is 1. The molecule has 0 bridgehead atoms. The fourth-order valence-corrected chi connectivity index (χ4v) is 1.87. The van der Waals surface area contributed by atoms with Crippen molar-refractivity contribution in [2.45, 2.75) is 12.5 Å². The molecule has 1 atom stereocenters. The molecule has 1 aromatic carbocycles. The van der Waals surface area contributed by atoms with Gasteiger partial charge in [-0.05, 0) is 30.6 Å². The van der Waals surface area contributed by atoms with Crippen LogP contribution in [-0.4, -0.2) is 35.2 Å². The van der Waals surface area contributed by atoms with E-state index in [0.717, 1.165) is 12.1 Å². The Kier molecular flexibility index (Phi) is 6.23. The van der Waals surface area contributed by atoms with Gasteiger partial charge < -0.3 is 15.7 Å². The van der Waals surface area contributed by atoms with Gasteiger partial charge in [-0.25, -0.2) is 18.4 Å². The summed E-state index contributed by atoms with van der Waals surface area (Å²) in [6, 6.07) is 0.746. The highest BCUT2D eigenvalue weighted by atomic mass is 32.2. The van der Waals surface area contributed by atoms with Gasteiger partial charge in [0, 0.05) is 6.07 Å². The van der Waals surface area contributed by atoms with Gasteiger partial charge >= 0.3 is 12.0 Å². The summed E-state index contributed by atoms with van der Waals surface area (Å²) in [5, 5.41) is 13.3. The van der Waals surface area contributed by atoms with Crippen LogP contribution in [0.5, 0.6) is 0 Å². The zero-order valence-corrected chi connectivity index (χ0v) is 11.5. The van der Waals surface area contributed by atoms with E-state index in [1.807, 2.05) is 6.26 Å². The summed E-state index contributed by atoms with van der Waals surface area (Å²) in [7, 11) is 0. The van der Waals surface area contributed by atoms with Crippen molar-refractivity contribution in [3.05, 3.63) is 29.8 Å². The minimum Gasteiger partial charge on any atom is -0.480 e. The van der Waals surface area contributed by atoms with Gasteiger partial charge in [0.2, 0.25) is 0 Å². The number of hydrogen-bond donors (Lipinski definition) is 3. The van der Waals surface area contributed by atoms with Crippen LogP contribution in [0.2, 0.25) is 0 Å². The number of nitrogens with one attached hydrogen (secondary N) is 2. The third-order valence-corrected chi connectivity index (χ3v) is 3.04. The molecule has 0 saturated carbocycles. The van der Waals surface area contributed by atoms with E-state index >= 15 is 0 Å². The summed E-state index contributed by atoms with van der Waals surface area (Å²) >= 11 is 1.45. The molecule has 0 unspecified atom stereocenters. The molecule has 2 amide bonds. The van der Waals surface area contributed by atoms with Crippen LogP contribution < -0.4 is 10.6 Å². The summed E-state index contributed by atoms with van der Waals surface area (Å²) in [5.41, 5.74) is -0.224. The minimum atomic E-state index is -1.17. The van der Waals surface area contributed by atoms with E-state index in [9.17, 15) is 18.4 Å². The van der Waals surface area contributed by atoms with Gasteiger partial charge in [-0.1, -0.05) is 0 Å². The molecular weight excluding hydrogens is 290 g/mol. The van der Waals surface area contributed by atoms with E-state index in [0.29, 0.717) is 11.8 Å². The number of carbonyl (C=O) groups is 2. The second-order valence-corrected chi connectivity index (χ2v) is 4.88. The number of aliphatic carboxylic acids is 1. The number of anilines is 1. The van der Waals surface area contributed by atoms with E-state index in [1.165, 1.54) is 11.8 Å². The van der Waals surface area contributed by atoms with Crippen molar-refractivity contribution in [1.82, 2.24) is 5.32 Å². The highest BCUT2D eigenvalue weighted by Gasteiger charge is 2.19. The van der Waals surface area contributed by atoms with Crippen LogP contribution in [0.4, 0.5) is 19.3 Å². The second-order valence-electron chi connectivity index (χ2n) is 3.89. The number of amides is 2. The molecule has 0 saturated heterocycles. The van der Waals surface area contributed by atoms with Crippen molar-refractivity contribution in [2.75, 3.05) is 17.3 Å². The molecular formula is C12H14F2N2O3S. The van der Waals surface area contributed by atoms with E-state index in [-0.39, 0.29) is 12.1 Å². The van der Waals surface area contributed by atoms with Crippen molar-refractivity contribution in [3.8, 4) is 0 Å². The third-order valence-electron chi connectivity index (χ3n) is 2.39. The number of halogens is 2. The monoisotopic (exact) mass is 304 g/mol. The fraction of sp³-hybridized carbons (Fsp3) is 0.333. The highest BCUT2D eigenvalue weighted by molar-refractivity contribution is 7.98. The Morgan fingerprint density at radius 3 is 2.65 bits per heavy atom. The second kappa shape index (κ2) is 7.68. The molecule has 8 heteroatoms. The zero-order valence-electron chi connectivity index (χ0n) is 10.7. The van der Waals surface area contributed by atoms with Crippen LogP contribution in [0.25, 0.3) is 0 Å². The number of carboxylic acid groups (broad SMARTS) is 1. The molecule has 0 spiro atoms. The van der Waals surface area contributed by atoms with Crippen LogP contribution in [0.15, 0.2) is 18.2 Å². The molecule has 0 radical (unpaired) electrons. The molecule has 20 heavy (non-hydrogen) atoms. The van der Waals surface area contributed by atoms with Crippen LogP contribution in [0.3, 0.4) is 0 Å². The quantitative estimate of drug-likeness (QED) is 0.753. The lowest BCUT2D eigenvalue weighted by atomic mass is 10.2. The third kappa shape index (κ3) is 5.04. The Morgan fingerprint density at radius 2 is 2.10 bits per heavy atom. The SMILES string of the molecule is CSCC[C@@H](NC(=O)Nc1ccc(F)cc1F)C(=O)O. The molecule has 110 valence electrons. The maximum atomic E-state index is 13.3. The molecule has 0 aliphatic carbocycles. The first-order valence-electron chi connectivity index (χ1n) is 5.68. The number of carboxylic acids is 1. The topological polar surface area (TPSA) is 78.4 Å². The van der Waals surface area contributed by atoms with Gasteiger partial charge in [0.25, 0.3) is 0 Å². The Morgan fingerprint density at radius 1 is 1.40 bits per heavy atom. The maximum Gasteiger partial charge on any atom is 0.326 e. The van der Waals surface area contributed by atoms with Gasteiger partial charge in [-0.3, -0.25) is 0 Å². The summed E-state index contributed by atoms with van der Waals surface area (Å²) in [4.78, 5) is 22.5. The molecule has 3 N–H and O–H groups in total. The Labute approximate surface area is 118 Å². The standard InChI is InChI=1S/C12H14F2N2O3S/c1-20-5-4-10(11(17)18)16-12(19)15-9-3-2-7(13)6-8(9)14/h2-3,6,10H,4-5H2,1H3,(H,17,18)(H2,15,16,19)/t10-/m1/s1. The van der Waals surface area contributed by atoms with Gasteiger partial charge in [0.05, 0.1) is 5.69 Å². The molecule has 0 heterocycles. The van der Waals surface area contributed by atoms with Crippen LogP contribution in [0.1, 0.15) is 6.42 Å². The van der Waals surface area contributed by atoms with E-state index in [4.69, 9.17) is 5.11 Å². The fourth-order valence-electron chi connectivity index (χ4n) is 1.40. The Bertz CT molecular complexity index is 500. The average molecular weight is 304 g/mol. The number of thioether (sulfide) groups is 1. The zero-order chi connectivity index (χ0) is 15.1. The molecule has 0 fully saturated rings. The maximum absolute atomic E-state index is 13.3. The highest BCUT2D eigenvalue weighted by Crippen LogP contribution is 2.14. The van der Waals surface area contributed by atoms with Gasteiger partial charge in [0.1, 0.15) is 17.7 Å². The van der Waals surface area contributed by atoms with Crippen molar-refractivity contribution < 1.29 is 23.5 Å². The smallest absolute Gasteiger partial charge is 0.326 e. The summed E-state index contributed by atoms with van der Waals surface area (Å²) in [6.45, 7) is 0. The summed E-state index contributed by atoms with van der Waals surface area (Å²) in [6.07, 6.45) is 2.06. The number of hydrogen-bond acceptors (Lipinski definition) is 3. The summed E-state index contributed by atoms with van der Waals surface area (Å²) < 4.78 is 26.0. The lowest BCUT2D eigenvalue weighted by Crippen LogP contribution is -2.43.